The number of hydrogen-bond donors (Lipinski definition) is 3. The van der Waals surface area contributed by atoms with Gasteiger partial charge in [-0.1, -0.05) is 6.92 Å². The molecule has 5 rings (SSSR count). The van der Waals surface area contributed by atoms with Crippen molar-refractivity contribution < 1.29 is 22.6 Å². The number of methoxy groups -OCH3 is 3. The van der Waals surface area contributed by atoms with Gasteiger partial charge in [-0.15, -0.1) is 0 Å². The number of fused-ring (bicyclic) bond motifs is 1. The van der Waals surface area contributed by atoms with Crippen molar-refractivity contribution in [3.63, 3.8) is 0 Å². The van der Waals surface area contributed by atoms with E-state index in [1.165, 1.54) is 6.20 Å². The van der Waals surface area contributed by atoms with E-state index in [0.29, 0.717) is 44.6 Å². The van der Waals surface area contributed by atoms with Gasteiger partial charge >= 0.3 is 0 Å². The summed E-state index contributed by atoms with van der Waals surface area (Å²) in [6, 6.07) is 7.60. The quantitative estimate of drug-likeness (QED) is 0.161. The summed E-state index contributed by atoms with van der Waals surface area (Å²) in [6.45, 7) is 3.90. The summed E-state index contributed by atoms with van der Waals surface area (Å²) in [7, 11) is 1.39. The van der Waals surface area contributed by atoms with Gasteiger partial charge in [-0.3, -0.25) is 14.7 Å². The summed E-state index contributed by atoms with van der Waals surface area (Å²) in [6.07, 6.45) is 8.30. The minimum atomic E-state index is -3.62. The van der Waals surface area contributed by atoms with Gasteiger partial charge in [0.15, 0.2) is 6.29 Å². The molecule has 0 aliphatic carbocycles. The van der Waals surface area contributed by atoms with Crippen LogP contribution in [-0.2, 0) is 25.9 Å². The monoisotopic (exact) mass is 700 g/mol. The molecule has 240 valence electrons. The molecule has 45 heavy (non-hydrogen) atoms. The second kappa shape index (κ2) is 14.1. The molecule has 0 amide bonds. The van der Waals surface area contributed by atoms with E-state index in [4.69, 9.17) is 14.2 Å². The van der Waals surface area contributed by atoms with E-state index in [-0.39, 0.29) is 12.0 Å². The largest absolute Gasteiger partial charge is 0.494 e. The molecule has 2 aromatic heterocycles. The Morgan fingerprint density at radius 3 is 2.42 bits per heavy atom. The Morgan fingerprint density at radius 2 is 1.76 bits per heavy atom. The third-order valence-electron chi connectivity index (χ3n) is 7.68. The van der Waals surface area contributed by atoms with Crippen molar-refractivity contribution in [1.82, 2.24) is 19.9 Å². The number of halogens is 1. The summed E-state index contributed by atoms with van der Waals surface area (Å²) >= 11 is 3.51. The first kappa shape index (κ1) is 32.6. The van der Waals surface area contributed by atoms with Crippen LogP contribution in [0.4, 0.5) is 34.5 Å². The molecule has 0 spiro atoms. The van der Waals surface area contributed by atoms with Gasteiger partial charge in [-0.2, -0.15) is 4.98 Å². The molecule has 13 nitrogen and oxygen atoms in total. The van der Waals surface area contributed by atoms with Crippen LogP contribution in [0, 0.1) is 5.92 Å². The maximum atomic E-state index is 12.2. The first-order valence-electron chi connectivity index (χ1n) is 14.4. The standard InChI is InChI=1S/C30H37BrN8O5S/c1-6-18-15-23(25(42-2)16-24(18)39-13-9-19(10-14-39)29(43-3)44-4)36-30-34-17-20(31)28(37-30)35-22-8-7-21-26(33-12-11-32-21)27(22)38-45(5,40)41/h7-8,11-12,15-17,19,29,38H,6,9-10,13-14H2,1-5H3,(H2,34,35,36,37). The molecule has 0 saturated carbocycles. The SMILES string of the molecule is CCc1cc(Nc2ncc(Br)c(Nc3ccc4nccnc4c3NS(C)(=O)=O)n2)c(OC)cc1N1CCC(C(OC)OC)CC1. The van der Waals surface area contributed by atoms with E-state index in [2.05, 4.69) is 75.2 Å². The number of hydrogen-bond acceptors (Lipinski definition) is 12. The summed E-state index contributed by atoms with van der Waals surface area (Å²) in [5, 5.41) is 6.52. The number of nitrogens with zero attached hydrogens (tertiary/aromatic N) is 5. The molecule has 0 bridgehead atoms. The molecular formula is C30H37BrN8O5S. The minimum absolute atomic E-state index is 0.193. The predicted octanol–water partition coefficient (Wildman–Crippen LogP) is 5.45. The lowest BCUT2D eigenvalue weighted by Crippen LogP contribution is -2.39. The Hall–Kier alpha value is -3.79. The van der Waals surface area contributed by atoms with Crippen LogP contribution in [0.3, 0.4) is 0 Å². The van der Waals surface area contributed by atoms with Gasteiger partial charge in [0.2, 0.25) is 16.0 Å². The molecule has 0 radical (unpaired) electrons. The van der Waals surface area contributed by atoms with Gasteiger partial charge in [0.25, 0.3) is 0 Å². The van der Waals surface area contributed by atoms with Crippen molar-refractivity contribution in [3.05, 3.63) is 52.9 Å². The van der Waals surface area contributed by atoms with Gasteiger partial charge in [-0.25, -0.2) is 13.4 Å². The van der Waals surface area contributed by atoms with Crippen LogP contribution in [0.15, 0.2) is 47.3 Å². The second-order valence-electron chi connectivity index (χ2n) is 10.6. The Balaban J connectivity index is 1.41. The third kappa shape index (κ3) is 7.54. The summed E-state index contributed by atoms with van der Waals surface area (Å²) < 4.78 is 44.4. The van der Waals surface area contributed by atoms with Crippen molar-refractivity contribution in [2.75, 3.05) is 60.9 Å². The molecule has 15 heteroatoms. The van der Waals surface area contributed by atoms with E-state index in [1.54, 1.807) is 45.9 Å². The fraction of sp³-hybridized carbons (Fsp3) is 0.400. The zero-order chi connectivity index (χ0) is 32.1. The Kier molecular flexibility index (Phi) is 10.2. The van der Waals surface area contributed by atoms with Crippen LogP contribution >= 0.6 is 15.9 Å². The maximum Gasteiger partial charge on any atom is 0.229 e. The molecule has 4 aromatic rings. The average Bonchev–Trinajstić information content (AvgIpc) is 3.04. The lowest BCUT2D eigenvalue weighted by Gasteiger charge is -2.37. The number of benzene rings is 2. The number of rotatable bonds is 12. The van der Waals surface area contributed by atoms with E-state index in [9.17, 15) is 8.42 Å². The Bertz CT molecular complexity index is 1770. The molecule has 2 aromatic carbocycles. The number of nitrogens with one attached hydrogen (secondary N) is 3. The number of piperidine rings is 1. The maximum absolute atomic E-state index is 12.2. The number of ether oxygens (including phenoxy) is 3. The molecule has 0 atom stereocenters. The highest BCUT2D eigenvalue weighted by Gasteiger charge is 2.28. The number of sulfonamides is 1. The van der Waals surface area contributed by atoms with Crippen LogP contribution in [-0.4, -0.2) is 75.3 Å². The third-order valence-corrected chi connectivity index (χ3v) is 8.84. The molecule has 1 fully saturated rings. The normalized spacial score (nSPS) is 14.2. The number of aryl methyl sites for hydroxylation is 1. The van der Waals surface area contributed by atoms with Gasteiger partial charge in [0.1, 0.15) is 17.1 Å². The fourth-order valence-corrected chi connectivity index (χ4v) is 6.41. The molecule has 1 aliphatic heterocycles. The fourth-order valence-electron chi connectivity index (χ4n) is 5.54. The highest BCUT2D eigenvalue weighted by Crippen LogP contribution is 2.38. The van der Waals surface area contributed by atoms with Gasteiger partial charge in [0, 0.05) is 63.6 Å². The Labute approximate surface area is 271 Å². The lowest BCUT2D eigenvalue weighted by molar-refractivity contribution is -0.141. The summed E-state index contributed by atoms with van der Waals surface area (Å²) in [4.78, 5) is 20.2. The first-order chi connectivity index (χ1) is 21.6. The van der Waals surface area contributed by atoms with E-state index in [0.717, 1.165) is 55.5 Å². The van der Waals surface area contributed by atoms with Crippen molar-refractivity contribution in [2.24, 2.45) is 5.92 Å². The van der Waals surface area contributed by atoms with Crippen LogP contribution in [0.5, 0.6) is 5.75 Å². The summed E-state index contributed by atoms with van der Waals surface area (Å²) in [5.41, 5.74) is 4.66. The molecule has 1 saturated heterocycles. The second-order valence-corrected chi connectivity index (χ2v) is 13.2. The molecule has 3 heterocycles. The first-order valence-corrected chi connectivity index (χ1v) is 17.1. The smallest absolute Gasteiger partial charge is 0.229 e. The molecule has 0 unspecified atom stereocenters. The van der Waals surface area contributed by atoms with Crippen molar-refractivity contribution in [2.45, 2.75) is 32.5 Å². The zero-order valence-corrected chi connectivity index (χ0v) is 28.2. The topological polar surface area (TPSA) is 153 Å². The predicted molar refractivity (Wildman–Crippen MR) is 179 cm³/mol. The molecule has 1 aliphatic rings. The highest BCUT2D eigenvalue weighted by molar-refractivity contribution is 9.10. The summed E-state index contributed by atoms with van der Waals surface area (Å²) in [5.74, 6) is 1.73. The van der Waals surface area contributed by atoms with E-state index >= 15 is 0 Å². The van der Waals surface area contributed by atoms with E-state index in [1.807, 2.05) is 0 Å². The zero-order valence-electron chi connectivity index (χ0n) is 25.8. The molecular weight excluding hydrogens is 664 g/mol. The van der Waals surface area contributed by atoms with Crippen molar-refractivity contribution in [1.29, 1.82) is 0 Å². The van der Waals surface area contributed by atoms with Crippen LogP contribution in [0.1, 0.15) is 25.3 Å². The highest BCUT2D eigenvalue weighted by atomic mass is 79.9. The lowest BCUT2D eigenvalue weighted by atomic mass is 9.94. The van der Waals surface area contributed by atoms with Crippen molar-refractivity contribution in [3.8, 4) is 5.75 Å². The Morgan fingerprint density at radius 1 is 1.02 bits per heavy atom. The van der Waals surface area contributed by atoms with Crippen LogP contribution in [0.25, 0.3) is 11.0 Å². The number of anilines is 6. The number of aromatic nitrogens is 4. The van der Waals surface area contributed by atoms with Crippen LogP contribution < -0.4 is 25.0 Å². The minimum Gasteiger partial charge on any atom is -0.494 e. The van der Waals surface area contributed by atoms with Gasteiger partial charge in [0.05, 0.1) is 40.4 Å². The van der Waals surface area contributed by atoms with Crippen LogP contribution in [0.2, 0.25) is 0 Å². The average molecular weight is 702 g/mol. The molecule has 3 N–H and O–H groups in total. The van der Waals surface area contributed by atoms with Crippen molar-refractivity contribution >= 4 is 71.5 Å². The van der Waals surface area contributed by atoms with Gasteiger partial charge < -0.3 is 29.7 Å². The van der Waals surface area contributed by atoms with Gasteiger partial charge in [-0.05, 0) is 59.0 Å². The van der Waals surface area contributed by atoms with E-state index < -0.39 is 10.0 Å².